The van der Waals surface area contributed by atoms with Crippen molar-refractivity contribution in [2.75, 3.05) is 16.6 Å². The Balaban J connectivity index is 2.02. The van der Waals surface area contributed by atoms with Gasteiger partial charge in [-0.3, -0.25) is 9.44 Å². The summed E-state index contributed by atoms with van der Waals surface area (Å²) in [5.74, 6) is -1.86. The van der Waals surface area contributed by atoms with E-state index in [9.17, 15) is 25.6 Å². The quantitative estimate of drug-likeness (QED) is 0.387. The van der Waals surface area contributed by atoms with Crippen LogP contribution in [0.25, 0.3) is 0 Å². The van der Waals surface area contributed by atoms with Gasteiger partial charge in [0.05, 0.1) is 23.4 Å². The molecule has 13 heteroatoms. The Bertz CT molecular complexity index is 1400. The molecule has 0 fully saturated rings. The number of benzene rings is 3. The first-order chi connectivity index (χ1) is 14.9. The van der Waals surface area contributed by atoms with Crippen LogP contribution in [0.1, 0.15) is 0 Å². The molecule has 3 rings (SSSR count). The predicted octanol–water partition coefficient (Wildman–Crippen LogP) is 5.10. The third-order valence-corrected chi connectivity index (χ3v) is 7.82. The monoisotopic (exact) mass is 610 g/mol. The standard InChI is InChI=1S/C19H14Br2F2N2O5S2/c1-30-18-7-4-13(31(26,27)24-16-5-2-11(20)8-14(16)22)10-19(18)32(28,29)25-17-6-3-12(21)9-15(17)23/h2-10,24-25H,1H3. The summed E-state index contributed by atoms with van der Waals surface area (Å²) in [7, 11) is -7.65. The highest BCUT2D eigenvalue weighted by atomic mass is 79.9. The molecule has 0 aliphatic carbocycles. The van der Waals surface area contributed by atoms with E-state index in [1.165, 1.54) is 31.4 Å². The van der Waals surface area contributed by atoms with Crippen molar-refractivity contribution in [3.8, 4) is 5.75 Å². The van der Waals surface area contributed by atoms with Crippen molar-refractivity contribution >= 4 is 63.3 Å². The summed E-state index contributed by atoms with van der Waals surface area (Å²) < 4.78 is 89.5. The number of rotatable bonds is 7. The maximum atomic E-state index is 14.1. The van der Waals surface area contributed by atoms with Crippen molar-refractivity contribution < 1.29 is 30.4 Å². The number of halogens is 4. The number of nitrogens with one attached hydrogen (secondary N) is 2. The molecule has 0 saturated carbocycles. The smallest absolute Gasteiger partial charge is 0.265 e. The van der Waals surface area contributed by atoms with Crippen LogP contribution in [0.4, 0.5) is 20.2 Å². The Morgan fingerprint density at radius 1 is 0.750 bits per heavy atom. The van der Waals surface area contributed by atoms with Gasteiger partial charge in [0.25, 0.3) is 20.0 Å². The second-order valence-electron chi connectivity index (χ2n) is 6.27. The van der Waals surface area contributed by atoms with Crippen LogP contribution in [0.3, 0.4) is 0 Å². The van der Waals surface area contributed by atoms with Gasteiger partial charge in [-0.25, -0.2) is 25.6 Å². The first kappa shape index (κ1) is 24.4. The third-order valence-electron chi connectivity index (χ3n) is 4.09. The average molecular weight is 612 g/mol. The maximum Gasteiger partial charge on any atom is 0.265 e. The van der Waals surface area contributed by atoms with Crippen LogP contribution in [0, 0.1) is 11.6 Å². The van der Waals surface area contributed by atoms with Crippen LogP contribution < -0.4 is 14.2 Å². The number of sulfonamides is 2. The van der Waals surface area contributed by atoms with Crippen molar-refractivity contribution in [1.29, 1.82) is 0 Å². The molecule has 0 atom stereocenters. The fourth-order valence-electron chi connectivity index (χ4n) is 2.58. The molecular weight excluding hydrogens is 598 g/mol. The first-order valence-electron chi connectivity index (χ1n) is 8.57. The molecule has 0 amide bonds. The van der Waals surface area contributed by atoms with E-state index in [1.807, 2.05) is 0 Å². The lowest BCUT2D eigenvalue weighted by Crippen LogP contribution is -2.18. The number of hydrogen-bond donors (Lipinski definition) is 2. The van der Waals surface area contributed by atoms with Crippen LogP contribution >= 0.6 is 31.9 Å². The van der Waals surface area contributed by atoms with E-state index < -0.39 is 41.5 Å². The van der Waals surface area contributed by atoms with Gasteiger partial charge >= 0.3 is 0 Å². The minimum Gasteiger partial charge on any atom is -0.495 e. The Labute approximate surface area is 200 Å². The van der Waals surface area contributed by atoms with Gasteiger partial charge in [-0.05, 0) is 54.6 Å². The van der Waals surface area contributed by atoms with Crippen molar-refractivity contribution in [1.82, 2.24) is 0 Å². The molecule has 32 heavy (non-hydrogen) atoms. The largest absolute Gasteiger partial charge is 0.495 e. The van der Waals surface area contributed by atoms with Crippen molar-refractivity contribution in [2.24, 2.45) is 0 Å². The highest BCUT2D eigenvalue weighted by molar-refractivity contribution is 9.10. The molecule has 0 bridgehead atoms. The van der Waals surface area contributed by atoms with Crippen molar-refractivity contribution in [3.05, 3.63) is 75.2 Å². The third kappa shape index (κ3) is 5.39. The molecule has 0 spiro atoms. The normalized spacial score (nSPS) is 11.8. The lowest BCUT2D eigenvalue weighted by atomic mass is 10.3. The molecule has 0 heterocycles. The molecule has 0 radical (unpaired) electrons. The van der Waals surface area contributed by atoms with E-state index in [0.717, 1.165) is 30.3 Å². The van der Waals surface area contributed by atoms with Crippen LogP contribution in [-0.2, 0) is 20.0 Å². The lowest BCUT2D eigenvalue weighted by Gasteiger charge is -2.15. The zero-order chi connectivity index (χ0) is 23.7. The molecule has 0 unspecified atom stereocenters. The average Bonchev–Trinajstić information content (AvgIpc) is 2.71. The summed E-state index contributed by atoms with van der Waals surface area (Å²) in [6.07, 6.45) is 0. The van der Waals surface area contributed by atoms with Gasteiger partial charge in [0.2, 0.25) is 0 Å². The van der Waals surface area contributed by atoms with E-state index in [2.05, 4.69) is 41.3 Å². The van der Waals surface area contributed by atoms with Crippen LogP contribution in [0.5, 0.6) is 5.75 Å². The first-order valence-corrected chi connectivity index (χ1v) is 13.1. The molecule has 0 aliphatic rings. The van der Waals surface area contributed by atoms with Gasteiger partial charge in [-0.15, -0.1) is 0 Å². The Morgan fingerprint density at radius 3 is 1.72 bits per heavy atom. The molecule has 7 nitrogen and oxygen atoms in total. The predicted molar refractivity (Wildman–Crippen MR) is 123 cm³/mol. The zero-order valence-corrected chi connectivity index (χ0v) is 20.9. The molecule has 3 aromatic carbocycles. The van der Waals surface area contributed by atoms with E-state index in [-0.39, 0.29) is 17.1 Å². The highest BCUT2D eigenvalue weighted by Gasteiger charge is 2.25. The molecule has 2 N–H and O–H groups in total. The number of methoxy groups -OCH3 is 1. The summed E-state index contributed by atoms with van der Waals surface area (Å²) >= 11 is 6.14. The minimum absolute atomic E-state index is 0.177. The Kier molecular flexibility index (Phi) is 7.12. The summed E-state index contributed by atoms with van der Waals surface area (Å²) in [6, 6.07) is 10.4. The number of ether oxygens (including phenoxy) is 1. The van der Waals surface area contributed by atoms with E-state index in [1.54, 1.807) is 0 Å². The van der Waals surface area contributed by atoms with E-state index in [0.29, 0.717) is 8.95 Å². The van der Waals surface area contributed by atoms with Gasteiger partial charge < -0.3 is 4.74 Å². The van der Waals surface area contributed by atoms with Gasteiger partial charge in [0, 0.05) is 8.95 Å². The van der Waals surface area contributed by atoms with Gasteiger partial charge in [-0.1, -0.05) is 31.9 Å². The minimum atomic E-state index is -4.46. The van der Waals surface area contributed by atoms with E-state index >= 15 is 0 Å². The molecule has 0 saturated heterocycles. The molecule has 170 valence electrons. The van der Waals surface area contributed by atoms with Crippen LogP contribution in [0.15, 0.2) is 73.3 Å². The SMILES string of the molecule is COc1ccc(S(=O)(=O)Nc2ccc(Br)cc2F)cc1S(=O)(=O)Nc1ccc(Br)cc1F. The highest BCUT2D eigenvalue weighted by Crippen LogP contribution is 2.31. The molecule has 0 aliphatic heterocycles. The van der Waals surface area contributed by atoms with Gasteiger partial charge in [0.1, 0.15) is 22.3 Å². The van der Waals surface area contributed by atoms with Crippen LogP contribution in [0.2, 0.25) is 0 Å². The number of anilines is 2. The van der Waals surface area contributed by atoms with Crippen molar-refractivity contribution in [3.63, 3.8) is 0 Å². The summed E-state index contributed by atoms with van der Waals surface area (Å²) in [6.45, 7) is 0. The fraction of sp³-hybridized carbons (Fsp3) is 0.0526. The zero-order valence-electron chi connectivity index (χ0n) is 16.1. The lowest BCUT2D eigenvalue weighted by molar-refractivity contribution is 0.402. The molecular formula is C19H14Br2F2N2O5S2. The Morgan fingerprint density at radius 2 is 1.25 bits per heavy atom. The summed E-state index contributed by atoms with van der Waals surface area (Å²) in [5.41, 5.74) is -0.679. The Hall–Kier alpha value is -2.22. The molecule has 0 aromatic heterocycles. The maximum absolute atomic E-state index is 14.1. The van der Waals surface area contributed by atoms with E-state index in [4.69, 9.17) is 4.74 Å². The second-order valence-corrected chi connectivity index (χ2v) is 11.4. The van der Waals surface area contributed by atoms with Crippen molar-refractivity contribution in [2.45, 2.75) is 9.79 Å². The van der Waals surface area contributed by atoms with Gasteiger partial charge in [0.15, 0.2) is 0 Å². The number of hydrogen-bond acceptors (Lipinski definition) is 5. The van der Waals surface area contributed by atoms with Gasteiger partial charge in [-0.2, -0.15) is 0 Å². The topological polar surface area (TPSA) is 102 Å². The summed E-state index contributed by atoms with van der Waals surface area (Å²) in [4.78, 5) is -1.03. The molecule has 3 aromatic rings. The summed E-state index contributed by atoms with van der Waals surface area (Å²) in [5, 5.41) is 0. The fourth-order valence-corrected chi connectivity index (χ4v) is 5.68. The van der Waals surface area contributed by atoms with Crippen LogP contribution in [-0.4, -0.2) is 23.9 Å². The second kappa shape index (κ2) is 9.33.